The Morgan fingerprint density at radius 3 is 2.31 bits per heavy atom. The maximum absolute atomic E-state index is 13.0. The Morgan fingerprint density at radius 1 is 1.21 bits per heavy atom. The van der Waals surface area contributed by atoms with E-state index >= 15 is 0 Å². The van der Waals surface area contributed by atoms with E-state index in [1.807, 2.05) is 0 Å². The third-order valence-electron chi connectivity index (χ3n) is 3.47. The van der Waals surface area contributed by atoms with E-state index in [0.29, 0.717) is 4.31 Å². The first-order valence-corrected chi connectivity index (χ1v) is 10.7. The minimum absolute atomic E-state index is 0.359. The minimum Gasteiger partial charge on any atom is -0.437 e. The zero-order chi connectivity index (χ0) is 22.2. The fourth-order valence-electron chi connectivity index (χ4n) is 2.30. The molecule has 0 unspecified atom stereocenters. The molecular formula is C15H16F3NO8S2. The number of carbonyl (C=O) groups excluding carboxylic acids is 1. The van der Waals surface area contributed by atoms with Crippen LogP contribution in [-0.2, 0) is 33.8 Å². The van der Waals surface area contributed by atoms with Crippen molar-refractivity contribution in [2.45, 2.75) is 24.3 Å². The van der Waals surface area contributed by atoms with Crippen molar-refractivity contribution in [2.75, 3.05) is 13.7 Å². The topological polar surface area (TPSA) is 116 Å². The predicted octanol–water partition coefficient (Wildman–Crippen LogP) is 2.62. The summed E-state index contributed by atoms with van der Waals surface area (Å²) in [6.07, 6.45) is -1.49. The average Bonchev–Trinajstić information content (AvgIpc) is 2.60. The number of hydrogen-bond donors (Lipinski definition) is 0. The van der Waals surface area contributed by atoms with Gasteiger partial charge in [-0.1, -0.05) is 26.0 Å². The maximum atomic E-state index is 13.0. The smallest absolute Gasteiger partial charge is 0.437 e. The summed E-state index contributed by atoms with van der Waals surface area (Å²) < 4.78 is 101. The summed E-state index contributed by atoms with van der Waals surface area (Å²) >= 11 is 0. The third-order valence-corrected chi connectivity index (χ3v) is 6.23. The van der Waals surface area contributed by atoms with E-state index in [2.05, 4.69) is 8.92 Å². The summed E-state index contributed by atoms with van der Waals surface area (Å²) in [5.41, 5.74) is -6.34. The third kappa shape index (κ3) is 4.42. The first-order valence-electron chi connectivity index (χ1n) is 7.85. The lowest BCUT2D eigenvalue weighted by atomic mass is 10.2. The molecule has 1 heterocycles. The van der Waals surface area contributed by atoms with Crippen LogP contribution in [0.4, 0.5) is 18.0 Å². The van der Waals surface area contributed by atoms with Crippen LogP contribution in [0, 0.1) is 5.92 Å². The second kappa shape index (κ2) is 7.74. The highest BCUT2D eigenvalue weighted by atomic mass is 32.2. The van der Waals surface area contributed by atoms with Gasteiger partial charge in [-0.3, -0.25) is 0 Å². The van der Waals surface area contributed by atoms with E-state index in [4.69, 9.17) is 4.74 Å². The Morgan fingerprint density at radius 2 is 1.79 bits per heavy atom. The molecule has 0 radical (unpaired) electrons. The monoisotopic (exact) mass is 459 g/mol. The van der Waals surface area contributed by atoms with Crippen molar-refractivity contribution < 1.29 is 48.5 Å². The SMILES string of the molecule is COC(=O)OC1=C(OS(=O)(=O)C(F)(F)F)c2ccccc2S(=O)(=O)N1CC(C)C. The van der Waals surface area contributed by atoms with Gasteiger partial charge in [-0.25, -0.2) is 17.5 Å². The van der Waals surface area contributed by atoms with Crippen molar-refractivity contribution in [3.63, 3.8) is 0 Å². The minimum atomic E-state index is -6.22. The maximum Gasteiger partial charge on any atom is 0.534 e. The molecule has 0 saturated carbocycles. The van der Waals surface area contributed by atoms with Gasteiger partial charge >= 0.3 is 21.8 Å². The van der Waals surface area contributed by atoms with Gasteiger partial charge in [-0.05, 0) is 18.1 Å². The molecule has 1 aromatic carbocycles. The highest BCUT2D eigenvalue weighted by Gasteiger charge is 2.51. The normalized spacial score (nSPS) is 16.4. The van der Waals surface area contributed by atoms with E-state index in [0.717, 1.165) is 19.2 Å². The number of methoxy groups -OCH3 is 1. The van der Waals surface area contributed by atoms with Gasteiger partial charge in [0.15, 0.2) is 0 Å². The standard InChI is InChI=1S/C15H16F3NO8S2/c1-9(2)8-19-13(26-14(20)25-3)12(27-29(23,24)15(16,17)18)10-6-4-5-7-11(10)28(19,21)22/h4-7,9H,8H2,1-3H3. The molecule has 162 valence electrons. The first kappa shape index (κ1) is 22.8. The Kier molecular flexibility index (Phi) is 6.09. The first-order chi connectivity index (χ1) is 13.2. The van der Waals surface area contributed by atoms with Gasteiger partial charge in [0.2, 0.25) is 5.76 Å². The van der Waals surface area contributed by atoms with Gasteiger partial charge in [0, 0.05) is 12.1 Å². The molecule has 14 heteroatoms. The lowest BCUT2D eigenvalue weighted by molar-refractivity contribution is -0.0511. The Hall–Kier alpha value is -2.48. The van der Waals surface area contributed by atoms with Crippen molar-refractivity contribution >= 4 is 32.1 Å². The Bertz CT molecular complexity index is 1050. The van der Waals surface area contributed by atoms with Gasteiger partial charge < -0.3 is 13.7 Å². The largest absolute Gasteiger partial charge is 0.534 e. The number of fused-ring (bicyclic) bond motifs is 1. The zero-order valence-electron chi connectivity index (χ0n) is 15.3. The zero-order valence-corrected chi connectivity index (χ0v) is 16.9. The molecule has 0 N–H and O–H groups in total. The molecule has 1 aromatic rings. The number of halogens is 3. The highest BCUT2D eigenvalue weighted by molar-refractivity contribution is 7.89. The fourth-order valence-corrected chi connectivity index (χ4v) is 4.54. The molecule has 2 rings (SSSR count). The molecule has 1 aliphatic rings. The van der Waals surface area contributed by atoms with Crippen molar-refractivity contribution in [3.05, 3.63) is 35.7 Å². The lowest BCUT2D eigenvalue weighted by Gasteiger charge is -2.32. The molecule has 0 atom stereocenters. The number of sulfonamides is 1. The summed E-state index contributed by atoms with van der Waals surface area (Å²) in [7, 11) is -9.77. The molecule has 0 bridgehead atoms. The van der Waals surface area contributed by atoms with Crippen molar-refractivity contribution in [1.29, 1.82) is 0 Å². The van der Waals surface area contributed by atoms with Crippen LogP contribution in [-0.4, -0.2) is 46.5 Å². The van der Waals surface area contributed by atoms with Crippen LogP contribution in [0.2, 0.25) is 0 Å². The molecule has 0 saturated heterocycles. The molecule has 1 aliphatic heterocycles. The second-order valence-electron chi connectivity index (χ2n) is 6.10. The number of rotatable bonds is 5. The highest BCUT2D eigenvalue weighted by Crippen LogP contribution is 2.41. The Labute approximate surface area is 164 Å². The quantitative estimate of drug-likeness (QED) is 0.375. The number of carbonyl (C=O) groups is 1. The van der Waals surface area contributed by atoms with Gasteiger partial charge in [0.05, 0.1) is 12.0 Å². The molecule has 0 spiro atoms. The van der Waals surface area contributed by atoms with Crippen LogP contribution >= 0.6 is 0 Å². The van der Waals surface area contributed by atoms with Crippen LogP contribution in [0.25, 0.3) is 5.76 Å². The van der Waals surface area contributed by atoms with Crippen molar-refractivity contribution in [1.82, 2.24) is 4.31 Å². The average molecular weight is 459 g/mol. The van der Waals surface area contributed by atoms with E-state index in [1.165, 1.54) is 12.1 Å². The predicted molar refractivity (Wildman–Crippen MR) is 91.6 cm³/mol. The molecule has 0 aliphatic carbocycles. The van der Waals surface area contributed by atoms with Crippen molar-refractivity contribution in [3.8, 4) is 0 Å². The summed E-state index contributed by atoms with van der Waals surface area (Å²) in [4.78, 5) is 11.1. The summed E-state index contributed by atoms with van der Waals surface area (Å²) in [6.45, 7) is 2.81. The summed E-state index contributed by atoms with van der Waals surface area (Å²) in [5, 5.41) is 0. The van der Waals surface area contributed by atoms with Gasteiger partial charge in [-0.15, -0.1) is 0 Å². The molecule has 29 heavy (non-hydrogen) atoms. The number of hydrogen-bond acceptors (Lipinski definition) is 8. The van der Waals surface area contributed by atoms with Crippen LogP contribution in [0.15, 0.2) is 35.0 Å². The van der Waals surface area contributed by atoms with E-state index in [-0.39, 0.29) is 6.54 Å². The molecule has 0 aromatic heterocycles. The lowest BCUT2D eigenvalue weighted by Crippen LogP contribution is -2.40. The van der Waals surface area contributed by atoms with Crippen molar-refractivity contribution in [2.24, 2.45) is 5.92 Å². The van der Waals surface area contributed by atoms with Crippen LogP contribution in [0.5, 0.6) is 0 Å². The number of alkyl halides is 3. The Balaban J connectivity index is 2.85. The van der Waals surface area contributed by atoms with E-state index in [1.54, 1.807) is 13.8 Å². The van der Waals surface area contributed by atoms with Crippen LogP contribution in [0.3, 0.4) is 0 Å². The second-order valence-corrected chi connectivity index (χ2v) is 9.47. The van der Waals surface area contributed by atoms with Crippen LogP contribution < -0.4 is 0 Å². The number of benzene rings is 1. The number of ether oxygens (including phenoxy) is 2. The molecule has 0 amide bonds. The number of nitrogens with zero attached hydrogens (tertiary/aromatic N) is 1. The summed E-state index contributed by atoms with van der Waals surface area (Å²) in [6, 6.07) is 4.59. The van der Waals surface area contributed by atoms with Gasteiger partial charge in [0.1, 0.15) is 0 Å². The molecule has 9 nitrogen and oxygen atoms in total. The fraction of sp³-hybridized carbons (Fsp3) is 0.400. The van der Waals surface area contributed by atoms with E-state index in [9.17, 15) is 34.8 Å². The van der Waals surface area contributed by atoms with Gasteiger partial charge in [0.25, 0.3) is 15.9 Å². The molecule has 0 fully saturated rings. The van der Waals surface area contributed by atoms with E-state index < -0.39 is 59.8 Å². The van der Waals surface area contributed by atoms with Crippen LogP contribution in [0.1, 0.15) is 19.4 Å². The summed E-state index contributed by atoms with van der Waals surface area (Å²) in [5.74, 6) is -2.57. The molecular weight excluding hydrogens is 443 g/mol. The van der Waals surface area contributed by atoms with Gasteiger partial charge in [-0.2, -0.15) is 21.6 Å².